The first kappa shape index (κ1) is 16.6. The number of hydrogen-bond donors (Lipinski definition) is 1. The predicted molar refractivity (Wildman–Crippen MR) is 97.1 cm³/mol. The number of aromatic amines is 1. The van der Waals surface area contributed by atoms with Gasteiger partial charge in [-0.05, 0) is 38.0 Å². The van der Waals surface area contributed by atoms with Crippen LogP contribution in [0.4, 0.5) is 0 Å². The molecule has 0 bridgehead atoms. The molecule has 3 heterocycles. The number of imidazole rings is 1. The Morgan fingerprint density at radius 2 is 2.23 bits per heavy atom. The van der Waals surface area contributed by atoms with Gasteiger partial charge in [-0.15, -0.1) is 0 Å². The van der Waals surface area contributed by atoms with Crippen LogP contribution in [0.25, 0.3) is 11.0 Å². The number of nitrogens with zero attached hydrogens (tertiary/aromatic N) is 5. The fourth-order valence-electron chi connectivity index (χ4n) is 3.75. The molecular weight excluding hydrogens is 332 g/mol. The van der Waals surface area contributed by atoms with Gasteiger partial charge < -0.3 is 9.88 Å². The van der Waals surface area contributed by atoms with E-state index in [2.05, 4.69) is 15.1 Å². The van der Waals surface area contributed by atoms with E-state index < -0.39 is 0 Å². The monoisotopic (exact) mass is 354 g/mol. The lowest BCUT2D eigenvalue weighted by Gasteiger charge is -2.32. The van der Waals surface area contributed by atoms with Crippen molar-refractivity contribution >= 4 is 16.9 Å². The Balaban J connectivity index is 1.59. The number of likely N-dealkylation sites (tertiary alicyclic amines) is 1. The van der Waals surface area contributed by atoms with Crippen molar-refractivity contribution in [3.05, 3.63) is 46.4 Å². The number of fused-ring (bicyclic) bond motifs is 1. The van der Waals surface area contributed by atoms with Crippen LogP contribution in [0.1, 0.15) is 41.9 Å². The van der Waals surface area contributed by atoms with Crippen LogP contribution < -0.4 is 5.69 Å². The van der Waals surface area contributed by atoms with Gasteiger partial charge in [-0.3, -0.25) is 9.36 Å². The topological polar surface area (TPSA) is 88.8 Å². The highest BCUT2D eigenvalue weighted by Gasteiger charge is 2.29. The molecule has 8 heteroatoms. The molecule has 1 aliphatic heterocycles. The number of piperidine rings is 1. The van der Waals surface area contributed by atoms with Gasteiger partial charge in [0.05, 0.1) is 17.4 Å². The van der Waals surface area contributed by atoms with Crippen molar-refractivity contribution in [1.82, 2.24) is 29.2 Å². The van der Waals surface area contributed by atoms with Crippen molar-refractivity contribution in [1.29, 1.82) is 0 Å². The number of hydrogen-bond acceptors (Lipinski definition) is 4. The Morgan fingerprint density at radius 3 is 3.04 bits per heavy atom. The van der Waals surface area contributed by atoms with Gasteiger partial charge in [-0.2, -0.15) is 5.10 Å². The van der Waals surface area contributed by atoms with Gasteiger partial charge in [0.1, 0.15) is 5.82 Å². The number of aryl methyl sites for hydroxylation is 1. The second-order valence-electron chi connectivity index (χ2n) is 6.73. The molecule has 0 radical (unpaired) electrons. The molecule has 0 spiro atoms. The number of nitrogens with one attached hydrogen (secondary N) is 1. The summed E-state index contributed by atoms with van der Waals surface area (Å²) in [5, 5.41) is 4.42. The fourth-order valence-corrected chi connectivity index (χ4v) is 3.75. The molecule has 1 atom stereocenters. The Morgan fingerprint density at radius 1 is 1.38 bits per heavy atom. The highest BCUT2D eigenvalue weighted by Crippen LogP contribution is 2.26. The first-order chi connectivity index (χ1) is 12.6. The van der Waals surface area contributed by atoms with Gasteiger partial charge in [-0.1, -0.05) is 0 Å². The van der Waals surface area contributed by atoms with E-state index in [4.69, 9.17) is 0 Å². The molecule has 1 amide bonds. The van der Waals surface area contributed by atoms with Crippen molar-refractivity contribution in [2.75, 3.05) is 13.1 Å². The Bertz CT molecular complexity index is 1010. The van der Waals surface area contributed by atoms with Crippen molar-refractivity contribution in [2.45, 2.75) is 32.2 Å². The van der Waals surface area contributed by atoms with Gasteiger partial charge in [0, 0.05) is 38.2 Å². The van der Waals surface area contributed by atoms with Crippen molar-refractivity contribution in [3.8, 4) is 0 Å². The predicted octanol–water partition coefficient (Wildman–Crippen LogP) is 1.50. The van der Waals surface area contributed by atoms with E-state index in [1.807, 2.05) is 30.0 Å². The minimum atomic E-state index is -0.101. The van der Waals surface area contributed by atoms with E-state index in [1.165, 1.54) is 4.68 Å². The second kappa shape index (κ2) is 6.44. The molecule has 8 nitrogen and oxygen atoms in total. The van der Waals surface area contributed by atoms with Crippen molar-refractivity contribution < 1.29 is 4.79 Å². The van der Waals surface area contributed by atoms with Crippen LogP contribution in [0.15, 0.2) is 29.3 Å². The zero-order valence-electron chi connectivity index (χ0n) is 15.0. The zero-order chi connectivity index (χ0) is 18.3. The summed E-state index contributed by atoms with van der Waals surface area (Å²) in [5.41, 5.74) is 2.25. The molecule has 0 saturated carbocycles. The van der Waals surface area contributed by atoms with E-state index in [1.54, 1.807) is 17.9 Å². The fraction of sp³-hybridized carbons (Fsp3) is 0.444. The second-order valence-corrected chi connectivity index (χ2v) is 6.73. The Labute approximate surface area is 150 Å². The number of amides is 1. The van der Waals surface area contributed by atoms with Crippen LogP contribution >= 0.6 is 0 Å². The molecule has 26 heavy (non-hydrogen) atoms. The summed E-state index contributed by atoms with van der Waals surface area (Å²) in [7, 11) is 1.67. The highest BCUT2D eigenvalue weighted by atomic mass is 16.2. The summed E-state index contributed by atoms with van der Waals surface area (Å²) >= 11 is 0. The van der Waals surface area contributed by atoms with Gasteiger partial charge in [0.25, 0.3) is 5.91 Å². The van der Waals surface area contributed by atoms with Crippen LogP contribution in [-0.2, 0) is 13.6 Å². The molecule has 3 aromatic rings. The lowest BCUT2D eigenvalue weighted by Crippen LogP contribution is -2.40. The summed E-state index contributed by atoms with van der Waals surface area (Å²) in [4.78, 5) is 34.2. The molecule has 1 N–H and O–H groups in total. The van der Waals surface area contributed by atoms with Gasteiger partial charge in [-0.25, -0.2) is 14.5 Å². The van der Waals surface area contributed by atoms with E-state index in [0.29, 0.717) is 18.7 Å². The van der Waals surface area contributed by atoms with Crippen LogP contribution in [0.3, 0.4) is 0 Å². The van der Waals surface area contributed by atoms with E-state index in [0.717, 1.165) is 36.2 Å². The molecule has 1 aromatic carbocycles. The zero-order valence-corrected chi connectivity index (χ0v) is 15.0. The van der Waals surface area contributed by atoms with Crippen molar-refractivity contribution in [2.24, 2.45) is 7.05 Å². The molecule has 136 valence electrons. The normalized spacial score (nSPS) is 17.8. The molecule has 0 unspecified atom stereocenters. The first-order valence-corrected chi connectivity index (χ1v) is 8.94. The third-order valence-electron chi connectivity index (χ3n) is 5.09. The molecule has 2 aromatic heterocycles. The maximum absolute atomic E-state index is 13.0. The highest BCUT2D eigenvalue weighted by molar-refractivity contribution is 5.97. The molecular formula is C18H22N6O2. The number of H-pyrrole nitrogens is 1. The number of carbonyl (C=O) groups excluding carboxylic acids is 1. The minimum absolute atomic E-state index is 0.00697. The summed E-state index contributed by atoms with van der Waals surface area (Å²) < 4.78 is 3.08. The SMILES string of the molecule is CCn1c([C@H]2CCCN(C(=O)c3ccc4nc[nH]c4c3)C2)nn(C)c1=O. The number of aromatic nitrogens is 5. The van der Waals surface area contributed by atoms with E-state index >= 15 is 0 Å². The van der Waals surface area contributed by atoms with Crippen LogP contribution in [0.5, 0.6) is 0 Å². The smallest absolute Gasteiger partial charge is 0.345 e. The van der Waals surface area contributed by atoms with E-state index in [9.17, 15) is 9.59 Å². The molecule has 1 saturated heterocycles. The van der Waals surface area contributed by atoms with Gasteiger partial charge >= 0.3 is 5.69 Å². The molecule has 4 rings (SSSR count). The number of rotatable bonds is 3. The third-order valence-corrected chi connectivity index (χ3v) is 5.09. The molecule has 1 aliphatic rings. The number of benzene rings is 1. The standard InChI is InChI=1S/C18H22N6O2/c1-3-24-16(21-22(2)18(24)26)13-5-4-8-23(10-13)17(25)12-6-7-14-15(9-12)20-11-19-14/h6-7,9,11,13H,3-5,8,10H2,1-2H3,(H,19,20)/t13-/m0/s1. The molecule has 1 fully saturated rings. The van der Waals surface area contributed by atoms with Gasteiger partial charge in [0.15, 0.2) is 0 Å². The van der Waals surface area contributed by atoms with Crippen molar-refractivity contribution in [3.63, 3.8) is 0 Å². The van der Waals surface area contributed by atoms with Crippen LogP contribution in [-0.4, -0.2) is 48.2 Å². The molecule has 0 aliphatic carbocycles. The summed E-state index contributed by atoms with van der Waals surface area (Å²) in [6, 6.07) is 5.52. The lowest BCUT2D eigenvalue weighted by atomic mass is 9.96. The Kier molecular flexibility index (Phi) is 4.10. The Hall–Kier alpha value is -2.90. The average Bonchev–Trinajstić information content (AvgIpc) is 3.25. The van der Waals surface area contributed by atoms with Gasteiger partial charge in [0.2, 0.25) is 0 Å². The average molecular weight is 354 g/mol. The summed E-state index contributed by atoms with van der Waals surface area (Å²) in [6.07, 6.45) is 3.46. The summed E-state index contributed by atoms with van der Waals surface area (Å²) in [6.45, 7) is 3.83. The first-order valence-electron chi connectivity index (χ1n) is 8.94. The maximum atomic E-state index is 13.0. The largest absolute Gasteiger partial charge is 0.345 e. The minimum Gasteiger partial charge on any atom is -0.345 e. The van der Waals surface area contributed by atoms with E-state index in [-0.39, 0.29) is 17.5 Å². The van der Waals surface area contributed by atoms with Crippen LogP contribution in [0, 0.1) is 0 Å². The lowest BCUT2D eigenvalue weighted by molar-refractivity contribution is 0.0703. The third kappa shape index (κ3) is 2.71. The quantitative estimate of drug-likeness (QED) is 0.772. The number of carbonyl (C=O) groups is 1. The summed E-state index contributed by atoms with van der Waals surface area (Å²) in [5.74, 6) is 0.867. The maximum Gasteiger partial charge on any atom is 0.345 e. The van der Waals surface area contributed by atoms with Crippen LogP contribution in [0.2, 0.25) is 0 Å².